The van der Waals surface area contributed by atoms with Gasteiger partial charge in [-0.15, -0.1) is 0 Å². The minimum atomic E-state index is -0.760. The van der Waals surface area contributed by atoms with Gasteiger partial charge in [-0.3, -0.25) is 0 Å². The van der Waals surface area contributed by atoms with Crippen LogP contribution >= 0.6 is 0 Å². The first-order valence-corrected chi connectivity index (χ1v) is 5.37. The topological polar surface area (TPSA) is 33.0 Å². The summed E-state index contributed by atoms with van der Waals surface area (Å²) < 4.78 is 31.9. The van der Waals surface area contributed by atoms with Gasteiger partial charge in [-0.25, -0.2) is 8.78 Å². The summed E-state index contributed by atoms with van der Waals surface area (Å²) in [6, 6.07) is 5.66. The summed E-state index contributed by atoms with van der Waals surface area (Å²) in [4.78, 5) is 0. The highest BCUT2D eigenvalue weighted by Gasteiger charge is 2.54. The van der Waals surface area contributed by atoms with Crippen molar-refractivity contribution in [2.45, 2.75) is 19.3 Å². The lowest BCUT2D eigenvalue weighted by Gasteiger charge is -2.49. The second-order valence-corrected chi connectivity index (χ2v) is 4.94. The van der Waals surface area contributed by atoms with E-state index in [1.54, 1.807) is 13.8 Å². The van der Waals surface area contributed by atoms with Crippen LogP contribution in [0.5, 0.6) is 0 Å². The Morgan fingerprint density at radius 1 is 1.35 bits per heavy atom. The van der Waals surface area contributed by atoms with Crippen LogP contribution in [0.1, 0.15) is 19.4 Å². The highest BCUT2D eigenvalue weighted by molar-refractivity contribution is 5.35. The first kappa shape index (κ1) is 12.0. The van der Waals surface area contributed by atoms with Gasteiger partial charge in [0.1, 0.15) is 11.6 Å². The Bertz CT molecular complexity index is 487. The van der Waals surface area contributed by atoms with Crippen molar-refractivity contribution in [1.29, 1.82) is 5.26 Å². The normalized spacial score (nSPS) is 18.3. The Kier molecular flexibility index (Phi) is 2.67. The molecule has 90 valence electrons. The minimum absolute atomic E-state index is 0.288. The van der Waals surface area contributed by atoms with E-state index in [1.165, 1.54) is 12.1 Å². The maximum absolute atomic E-state index is 13.8. The molecule has 0 bridgehead atoms. The lowest BCUT2D eigenvalue weighted by Crippen LogP contribution is -2.56. The van der Waals surface area contributed by atoms with E-state index < -0.39 is 22.5 Å². The van der Waals surface area contributed by atoms with Crippen molar-refractivity contribution in [3.8, 4) is 6.07 Å². The molecule has 1 aliphatic heterocycles. The summed E-state index contributed by atoms with van der Waals surface area (Å²) in [5.41, 5.74) is -1.08. The summed E-state index contributed by atoms with van der Waals surface area (Å²) in [7, 11) is 0. The van der Waals surface area contributed by atoms with Gasteiger partial charge in [-0.2, -0.15) is 5.26 Å². The van der Waals surface area contributed by atoms with E-state index in [-0.39, 0.29) is 13.2 Å². The zero-order valence-electron chi connectivity index (χ0n) is 9.76. The number of hydrogen-bond donors (Lipinski definition) is 0. The van der Waals surface area contributed by atoms with Crippen molar-refractivity contribution >= 4 is 0 Å². The summed E-state index contributed by atoms with van der Waals surface area (Å²) in [6.45, 7) is 4.07. The molecule has 1 heterocycles. The van der Waals surface area contributed by atoms with Gasteiger partial charge in [0.25, 0.3) is 0 Å². The predicted molar refractivity (Wildman–Crippen MR) is 58.2 cm³/mol. The van der Waals surface area contributed by atoms with Crippen molar-refractivity contribution in [2.24, 2.45) is 5.41 Å². The van der Waals surface area contributed by atoms with Crippen LogP contribution in [0.25, 0.3) is 0 Å². The molecule has 0 aromatic heterocycles. The lowest BCUT2D eigenvalue weighted by atomic mass is 9.61. The van der Waals surface area contributed by atoms with Crippen LogP contribution in [0.4, 0.5) is 8.78 Å². The van der Waals surface area contributed by atoms with Crippen LogP contribution in [0.2, 0.25) is 0 Å². The molecule has 0 N–H and O–H groups in total. The predicted octanol–water partition coefficient (Wildman–Crippen LogP) is 2.78. The molecular formula is C13H13F2NO. The first-order valence-electron chi connectivity index (χ1n) is 5.37. The van der Waals surface area contributed by atoms with Crippen molar-refractivity contribution in [2.75, 3.05) is 13.2 Å². The van der Waals surface area contributed by atoms with Gasteiger partial charge in [0.05, 0.1) is 30.1 Å². The molecule has 0 spiro atoms. The summed E-state index contributed by atoms with van der Waals surface area (Å²) in [5, 5.41) is 9.20. The number of ether oxygens (including phenoxy) is 1. The molecule has 0 radical (unpaired) electrons. The van der Waals surface area contributed by atoms with Crippen LogP contribution in [0.15, 0.2) is 18.2 Å². The van der Waals surface area contributed by atoms with E-state index >= 15 is 0 Å². The summed E-state index contributed by atoms with van der Waals surface area (Å²) in [5.74, 6) is -1.23. The number of hydrogen-bond acceptors (Lipinski definition) is 2. The zero-order valence-corrected chi connectivity index (χ0v) is 9.76. The third kappa shape index (κ3) is 1.62. The second-order valence-electron chi connectivity index (χ2n) is 4.94. The van der Waals surface area contributed by atoms with E-state index in [4.69, 9.17) is 4.74 Å². The Hall–Kier alpha value is -1.47. The smallest absolute Gasteiger partial charge is 0.130 e. The molecule has 17 heavy (non-hydrogen) atoms. The Morgan fingerprint density at radius 2 is 2.00 bits per heavy atom. The number of nitriles is 1. The van der Waals surface area contributed by atoms with Crippen molar-refractivity contribution in [3.63, 3.8) is 0 Å². The summed E-state index contributed by atoms with van der Waals surface area (Å²) in [6.07, 6.45) is 0. The molecule has 2 nitrogen and oxygen atoms in total. The van der Waals surface area contributed by atoms with Crippen molar-refractivity contribution in [3.05, 3.63) is 35.4 Å². The highest BCUT2D eigenvalue weighted by Crippen LogP contribution is 2.47. The lowest BCUT2D eigenvalue weighted by molar-refractivity contribution is -0.104. The van der Waals surface area contributed by atoms with Crippen LogP contribution < -0.4 is 0 Å². The first-order chi connectivity index (χ1) is 7.93. The van der Waals surface area contributed by atoms with E-state index in [9.17, 15) is 14.0 Å². The Labute approximate surface area is 98.8 Å². The van der Waals surface area contributed by atoms with E-state index in [1.807, 2.05) is 0 Å². The van der Waals surface area contributed by atoms with Crippen LogP contribution in [0, 0.1) is 28.4 Å². The number of rotatable bonds is 2. The van der Waals surface area contributed by atoms with Crippen LogP contribution in [0.3, 0.4) is 0 Å². The van der Waals surface area contributed by atoms with E-state index in [0.717, 1.165) is 6.07 Å². The average molecular weight is 237 g/mol. The Balaban J connectivity index is 2.54. The third-order valence-electron chi connectivity index (χ3n) is 3.62. The fraction of sp³-hybridized carbons (Fsp3) is 0.462. The summed E-state index contributed by atoms with van der Waals surface area (Å²) >= 11 is 0. The Morgan fingerprint density at radius 3 is 2.41 bits per heavy atom. The van der Waals surface area contributed by atoms with Gasteiger partial charge < -0.3 is 4.74 Å². The van der Waals surface area contributed by atoms with Crippen LogP contribution in [-0.2, 0) is 10.2 Å². The molecule has 4 heteroatoms. The van der Waals surface area contributed by atoms with Gasteiger partial charge in [0.2, 0.25) is 0 Å². The van der Waals surface area contributed by atoms with Gasteiger partial charge in [-0.1, -0.05) is 6.07 Å². The van der Waals surface area contributed by atoms with Gasteiger partial charge in [0, 0.05) is 11.6 Å². The molecule has 1 aliphatic rings. The number of nitrogens with zero attached hydrogens (tertiary/aromatic N) is 1. The van der Waals surface area contributed by atoms with E-state index in [0.29, 0.717) is 5.56 Å². The standard InChI is InChI=1S/C13H13F2NO/c1-12(2,6-16)13(7-17-8-13)10-4-3-9(14)5-11(10)15/h3-5H,7-8H2,1-2H3. The molecule has 0 saturated carbocycles. The molecular weight excluding hydrogens is 224 g/mol. The molecule has 2 rings (SSSR count). The largest absolute Gasteiger partial charge is 0.379 e. The minimum Gasteiger partial charge on any atom is -0.379 e. The molecule has 0 aliphatic carbocycles. The third-order valence-corrected chi connectivity index (χ3v) is 3.62. The van der Waals surface area contributed by atoms with E-state index in [2.05, 4.69) is 6.07 Å². The quantitative estimate of drug-likeness (QED) is 0.792. The fourth-order valence-corrected chi connectivity index (χ4v) is 2.14. The maximum Gasteiger partial charge on any atom is 0.130 e. The molecule has 0 atom stereocenters. The molecule has 1 aromatic carbocycles. The molecule has 0 amide bonds. The SMILES string of the molecule is CC(C)(C#N)C1(c2ccc(F)cc2F)COC1. The molecule has 0 unspecified atom stereocenters. The molecule has 1 saturated heterocycles. The van der Waals surface area contributed by atoms with Crippen LogP contribution in [-0.4, -0.2) is 13.2 Å². The second kappa shape index (κ2) is 3.78. The number of benzene rings is 1. The van der Waals surface area contributed by atoms with Gasteiger partial charge in [0.15, 0.2) is 0 Å². The molecule has 1 fully saturated rings. The number of halogens is 2. The van der Waals surface area contributed by atoms with Crippen molar-refractivity contribution < 1.29 is 13.5 Å². The molecule has 1 aromatic rings. The van der Waals surface area contributed by atoms with Gasteiger partial charge in [-0.05, 0) is 19.9 Å². The highest BCUT2D eigenvalue weighted by atomic mass is 19.1. The monoisotopic (exact) mass is 237 g/mol. The van der Waals surface area contributed by atoms with Crippen molar-refractivity contribution in [1.82, 2.24) is 0 Å². The average Bonchev–Trinajstić information content (AvgIpc) is 2.19. The van der Waals surface area contributed by atoms with Gasteiger partial charge >= 0.3 is 0 Å². The fourth-order valence-electron chi connectivity index (χ4n) is 2.14. The maximum atomic E-state index is 13.8. The zero-order chi connectivity index (χ0) is 12.7.